The summed E-state index contributed by atoms with van der Waals surface area (Å²) >= 11 is 0. The molecule has 3 heterocycles. The smallest absolute Gasteiger partial charge is 0.213 e. The summed E-state index contributed by atoms with van der Waals surface area (Å²) in [7, 11) is 0. The third kappa shape index (κ3) is 4.60. The van der Waals surface area contributed by atoms with Crippen LogP contribution in [0.3, 0.4) is 0 Å². The van der Waals surface area contributed by atoms with E-state index in [4.69, 9.17) is 8.83 Å². The van der Waals surface area contributed by atoms with Crippen molar-refractivity contribution >= 4 is 93.5 Å². The lowest BCUT2D eigenvalue weighted by Gasteiger charge is -2.26. The Morgan fingerprint density at radius 1 is 0.393 bits per heavy atom. The average Bonchev–Trinajstić information content (AvgIpc) is 3.93. The summed E-state index contributed by atoms with van der Waals surface area (Å²) in [5.41, 5.74) is 11.0. The molecule has 4 nitrogen and oxygen atoms in total. The van der Waals surface area contributed by atoms with Gasteiger partial charge in [-0.1, -0.05) is 133 Å². The van der Waals surface area contributed by atoms with Crippen molar-refractivity contribution in [2.75, 3.05) is 4.90 Å². The van der Waals surface area contributed by atoms with Gasteiger partial charge in [0.2, 0.25) is 5.71 Å². The number of nitrogens with zero attached hydrogens (tertiary/aromatic N) is 2. The summed E-state index contributed by atoms with van der Waals surface area (Å²) < 4.78 is 15.4. The minimum Gasteiger partial charge on any atom is -0.454 e. The molecule has 0 bridgehead atoms. The van der Waals surface area contributed by atoms with Crippen molar-refractivity contribution < 1.29 is 8.83 Å². The van der Waals surface area contributed by atoms with E-state index < -0.39 is 0 Å². The van der Waals surface area contributed by atoms with Crippen LogP contribution in [-0.2, 0) is 0 Å². The normalized spacial score (nSPS) is 11.9. The van der Waals surface area contributed by atoms with Gasteiger partial charge in [-0.05, 0) is 93.3 Å². The summed E-state index contributed by atoms with van der Waals surface area (Å²) in [6, 6.07) is 69.0. The number of anilines is 3. The first-order valence-corrected chi connectivity index (χ1v) is 19.0. The molecule has 12 aromatic rings. The van der Waals surface area contributed by atoms with E-state index in [0.717, 1.165) is 83.4 Å². The van der Waals surface area contributed by atoms with Gasteiger partial charge in [0, 0.05) is 38.6 Å². The largest absolute Gasteiger partial charge is 0.454 e. The number of benzene rings is 9. The second kappa shape index (κ2) is 12.0. The van der Waals surface area contributed by atoms with Gasteiger partial charge in [0.15, 0.2) is 5.58 Å². The standard InChI is InChI=1S/C52H32N2O2/c1-2-12-37(13-3-1)54-47-32-35(25-29-44(47)50-45-16-7-9-20-49(45)56-52(50)54)33-23-26-38(27-24-33)53(46-18-10-17-43-42-15-6-8-19-48(42)55-51(43)46)39-28-30-41-36(31-39)22-21-34-11-4-5-14-40(34)41/h1-32H. The Balaban J connectivity index is 1.03. The molecule has 0 N–H and O–H groups in total. The van der Waals surface area contributed by atoms with Crippen LogP contribution in [0.15, 0.2) is 203 Å². The summed E-state index contributed by atoms with van der Waals surface area (Å²) in [5.74, 6) is 0. The number of furan rings is 2. The molecule has 0 fully saturated rings. The Labute approximate surface area is 321 Å². The molecular formula is C52H32N2O2. The molecule has 0 unspecified atom stereocenters. The van der Waals surface area contributed by atoms with Crippen molar-refractivity contribution in [1.82, 2.24) is 4.57 Å². The summed E-state index contributed by atoms with van der Waals surface area (Å²) in [5, 5.41) is 10.6. The van der Waals surface area contributed by atoms with E-state index in [9.17, 15) is 0 Å². The number of hydrogen-bond acceptors (Lipinski definition) is 3. The molecular weight excluding hydrogens is 685 g/mol. The average molecular weight is 717 g/mol. The highest BCUT2D eigenvalue weighted by Crippen LogP contribution is 2.44. The summed E-state index contributed by atoms with van der Waals surface area (Å²) in [6.07, 6.45) is 0. The van der Waals surface area contributed by atoms with Crippen LogP contribution in [0.1, 0.15) is 0 Å². The third-order valence-electron chi connectivity index (χ3n) is 11.4. The van der Waals surface area contributed by atoms with Gasteiger partial charge in [0.25, 0.3) is 0 Å². The molecule has 0 radical (unpaired) electrons. The zero-order valence-electron chi connectivity index (χ0n) is 30.2. The Morgan fingerprint density at radius 3 is 1.89 bits per heavy atom. The Bertz CT molecular complexity index is 3480. The predicted octanol–water partition coefficient (Wildman–Crippen LogP) is 14.9. The molecule has 0 spiro atoms. The van der Waals surface area contributed by atoms with Crippen molar-refractivity contribution in [3.05, 3.63) is 194 Å². The lowest BCUT2D eigenvalue weighted by Crippen LogP contribution is -2.10. The molecule has 0 aliphatic rings. The van der Waals surface area contributed by atoms with E-state index in [-0.39, 0.29) is 0 Å². The van der Waals surface area contributed by atoms with Gasteiger partial charge >= 0.3 is 0 Å². The number of rotatable bonds is 5. The van der Waals surface area contributed by atoms with Crippen molar-refractivity contribution in [3.8, 4) is 16.8 Å². The molecule has 56 heavy (non-hydrogen) atoms. The molecule has 0 aliphatic heterocycles. The first-order chi connectivity index (χ1) is 27.8. The number of aromatic nitrogens is 1. The number of para-hydroxylation sites is 4. The maximum Gasteiger partial charge on any atom is 0.213 e. The zero-order valence-corrected chi connectivity index (χ0v) is 30.2. The maximum absolute atomic E-state index is 6.63. The van der Waals surface area contributed by atoms with Crippen LogP contribution >= 0.6 is 0 Å². The fraction of sp³-hybridized carbons (Fsp3) is 0. The molecule has 0 saturated heterocycles. The van der Waals surface area contributed by atoms with E-state index in [1.54, 1.807) is 0 Å². The van der Waals surface area contributed by atoms with Crippen LogP contribution in [0.5, 0.6) is 0 Å². The van der Waals surface area contributed by atoms with Crippen molar-refractivity contribution in [2.24, 2.45) is 0 Å². The SMILES string of the molecule is c1ccc(-n2c3cc(-c4ccc(N(c5ccc6c(ccc7ccccc76)c5)c5cccc6c5oc5ccccc56)cc4)ccc3c3c4ccccc4oc32)cc1. The molecule has 9 aromatic carbocycles. The lowest BCUT2D eigenvalue weighted by molar-refractivity contribution is 0.645. The summed E-state index contributed by atoms with van der Waals surface area (Å²) in [4.78, 5) is 2.33. The van der Waals surface area contributed by atoms with Crippen LogP contribution in [0, 0.1) is 0 Å². The summed E-state index contributed by atoms with van der Waals surface area (Å²) in [6.45, 7) is 0. The van der Waals surface area contributed by atoms with E-state index in [1.807, 2.05) is 24.3 Å². The van der Waals surface area contributed by atoms with Crippen molar-refractivity contribution in [2.45, 2.75) is 0 Å². The van der Waals surface area contributed by atoms with Gasteiger partial charge < -0.3 is 13.7 Å². The fourth-order valence-electron chi connectivity index (χ4n) is 8.78. The van der Waals surface area contributed by atoms with E-state index >= 15 is 0 Å². The van der Waals surface area contributed by atoms with E-state index in [0.29, 0.717) is 0 Å². The lowest BCUT2D eigenvalue weighted by atomic mass is 10.0. The monoisotopic (exact) mass is 716 g/mol. The molecule has 0 aliphatic carbocycles. The molecule has 3 aromatic heterocycles. The van der Waals surface area contributed by atoms with Gasteiger partial charge in [0.05, 0.1) is 16.6 Å². The van der Waals surface area contributed by atoms with Crippen LogP contribution in [0.4, 0.5) is 17.1 Å². The van der Waals surface area contributed by atoms with Gasteiger partial charge in [-0.2, -0.15) is 0 Å². The topological polar surface area (TPSA) is 34.5 Å². The highest BCUT2D eigenvalue weighted by atomic mass is 16.3. The van der Waals surface area contributed by atoms with Gasteiger partial charge in [-0.3, -0.25) is 4.57 Å². The second-order valence-electron chi connectivity index (χ2n) is 14.5. The molecule has 4 heteroatoms. The second-order valence-corrected chi connectivity index (χ2v) is 14.5. The predicted molar refractivity (Wildman–Crippen MR) is 233 cm³/mol. The van der Waals surface area contributed by atoms with Crippen molar-refractivity contribution in [1.29, 1.82) is 0 Å². The highest BCUT2D eigenvalue weighted by molar-refractivity contribution is 6.20. The molecule has 12 rings (SSSR count). The van der Waals surface area contributed by atoms with Gasteiger partial charge in [-0.25, -0.2) is 0 Å². The molecule has 0 amide bonds. The maximum atomic E-state index is 6.63. The van der Waals surface area contributed by atoms with E-state index in [2.05, 4.69) is 179 Å². The third-order valence-corrected chi connectivity index (χ3v) is 11.4. The highest BCUT2D eigenvalue weighted by Gasteiger charge is 2.22. The van der Waals surface area contributed by atoms with E-state index in [1.165, 1.54) is 26.9 Å². The Kier molecular flexibility index (Phi) is 6.60. The van der Waals surface area contributed by atoms with Crippen LogP contribution in [-0.4, -0.2) is 4.57 Å². The molecule has 262 valence electrons. The first kappa shape index (κ1) is 30.9. The first-order valence-electron chi connectivity index (χ1n) is 19.0. The molecule has 0 saturated carbocycles. The number of fused-ring (bicyclic) bond motifs is 11. The Hall–Kier alpha value is -7.56. The van der Waals surface area contributed by atoms with Gasteiger partial charge in [0.1, 0.15) is 11.2 Å². The van der Waals surface area contributed by atoms with Crippen molar-refractivity contribution in [3.63, 3.8) is 0 Å². The minimum atomic E-state index is 0.860. The minimum absolute atomic E-state index is 0.860. The Morgan fingerprint density at radius 2 is 1.04 bits per heavy atom. The number of hydrogen-bond donors (Lipinski definition) is 0. The molecule has 0 atom stereocenters. The van der Waals surface area contributed by atoms with Crippen LogP contribution in [0.2, 0.25) is 0 Å². The van der Waals surface area contributed by atoms with Gasteiger partial charge in [-0.15, -0.1) is 0 Å². The quantitative estimate of drug-likeness (QED) is 0.166. The van der Waals surface area contributed by atoms with Crippen LogP contribution < -0.4 is 4.90 Å². The zero-order chi connectivity index (χ0) is 36.7. The fourth-order valence-corrected chi connectivity index (χ4v) is 8.78. The van der Waals surface area contributed by atoms with Crippen LogP contribution in [0.25, 0.3) is 93.3 Å².